The maximum atomic E-state index is 12.8. The topological polar surface area (TPSA) is 76.2 Å². The number of amides is 1. The summed E-state index contributed by atoms with van der Waals surface area (Å²) in [5, 5.41) is 1.22. The summed E-state index contributed by atoms with van der Waals surface area (Å²) in [5.41, 5.74) is 0.819. The lowest BCUT2D eigenvalue weighted by atomic mass is 10.2. The molecule has 0 saturated carbocycles. The van der Waals surface area contributed by atoms with E-state index in [9.17, 15) is 13.2 Å². The molecule has 2 aromatic rings. The van der Waals surface area contributed by atoms with Gasteiger partial charge < -0.3 is 14.4 Å². The van der Waals surface area contributed by atoms with E-state index in [0.717, 1.165) is 5.56 Å². The van der Waals surface area contributed by atoms with E-state index >= 15 is 0 Å². The Balaban J connectivity index is 1.34. The number of carbonyl (C=O) groups excluding carboxylic acids is 1. The van der Waals surface area contributed by atoms with Gasteiger partial charge in [-0.2, -0.15) is 4.31 Å². The van der Waals surface area contributed by atoms with Gasteiger partial charge in [0.1, 0.15) is 6.61 Å². The van der Waals surface area contributed by atoms with Crippen molar-refractivity contribution in [3.05, 3.63) is 65.6 Å². The molecule has 0 unspecified atom stereocenters. The molecule has 4 rings (SSSR count). The number of piperazine rings is 1. The minimum atomic E-state index is -3.54. The highest BCUT2D eigenvalue weighted by Crippen LogP contribution is 2.31. The van der Waals surface area contributed by atoms with Crippen LogP contribution in [-0.2, 0) is 14.8 Å². The van der Waals surface area contributed by atoms with Crippen LogP contribution in [0.15, 0.2) is 60.0 Å². The van der Waals surface area contributed by atoms with Crippen LogP contribution in [0, 0.1) is 0 Å². The number of nitrogens with zero attached hydrogens (tertiary/aromatic N) is 2. The Morgan fingerprint density at radius 1 is 0.931 bits per heavy atom. The van der Waals surface area contributed by atoms with Gasteiger partial charge in [0.15, 0.2) is 11.5 Å². The summed E-state index contributed by atoms with van der Waals surface area (Å²) in [6, 6.07) is 16.5. The Hall–Kier alpha value is -2.84. The summed E-state index contributed by atoms with van der Waals surface area (Å²) >= 11 is 0. The van der Waals surface area contributed by atoms with Gasteiger partial charge in [0.25, 0.3) is 5.91 Å². The molecule has 1 amide bonds. The van der Waals surface area contributed by atoms with Crippen LogP contribution >= 0.6 is 0 Å². The molecule has 0 spiro atoms. The minimum Gasteiger partial charge on any atom is -0.485 e. The van der Waals surface area contributed by atoms with Crippen LogP contribution in [0.2, 0.25) is 0 Å². The molecular weight excluding hydrogens is 392 g/mol. The molecule has 0 aliphatic carbocycles. The Labute approximate surface area is 170 Å². The molecule has 2 aromatic carbocycles. The summed E-state index contributed by atoms with van der Waals surface area (Å²) < 4.78 is 37.9. The number of carbonyl (C=O) groups is 1. The van der Waals surface area contributed by atoms with Gasteiger partial charge in [0.2, 0.25) is 16.1 Å². The van der Waals surface area contributed by atoms with Gasteiger partial charge in [-0.3, -0.25) is 4.79 Å². The van der Waals surface area contributed by atoms with Gasteiger partial charge in [-0.25, -0.2) is 8.42 Å². The SMILES string of the molecule is O=C([C@@H]1COc2ccccc2O1)N1CCN(S(=O)(=O)/C=C/c2ccccc2)CC1. The molecule has 1 fully saturated rings. The third kappa shape index (κ3) is 4.44. The van der Waals surface area contributed by atoms with Crippen molar-refractivity contribution in [3.8, 4) is 11.5 Å². The van der Waals surface area contributed by atoms with Gasteiger partial charge in [0, 0.05) is 31.6 Å². The number of sulfonamides is 1. The predicted octanol–water partition coefficient (Wildman–Crippen LogP) is 1.97. The number of ether oxygens (including phenoxy) is 2. The number of hydrogen-bond donors (Lipinski definition) is 0. The van der Waals surface area contributed by atoms with Crippen LogP contribution in [0.25, 0.3) is 6.08 Å². The molecule has 152 valence electrons. The fourth-order valence-electron chi connectivity index (χ4n) is 3.32. The van der Waals surface area contributed by atoms with Crippen molar-refractivity contribution in [2.75, 3.05) is 32.8 Å². The van der Waals surface area contributed by atoms with E-state index in [1.165, 1.54) is 9.71 Å². The first kappa shape index (κ1) is 19.5. The van der Waals surface area contributed by atoms with Crippen molar-refractivity contribution in [1.82, 2.24) is 9.21 Å². The molecule has 2 aliphatic heterocycles. The van der Waals surface area contributed by atoms with E-state index in [1.54, 1.807) is 23.1 Å². The van der Waals surface area contributed by atoms with Crippen LogP contribution < -0.4 is 9.47 Å². The lowest BCUT2D eigenvalue weighted by Gasteiger charge is -2.36. The first-order valence-electron chi connectivity index (χ1n) is 9.43. The Kier molecular flexibility index (Phi) is 5.55. The second-order valence-electron chi connectivity index (χ2n) is 6.85. The minimum absolute atomic E-state index is 0.147. The maximum absolute atomic E-state index is 12.8. The number of rotatable bonds is 4. The standard InChI is InChI=1S/C21H22N2O5S/c24-21(20-16-27-18-8-4-5-9-19(18)28-20)22-11-13-23(14-12-22)29(25,26)15-10-17-6-2-1-3-7-17/h1-10,15,20H,11-14,16H2/b15-10+/t20-/m0/s1. The Bertz CT molecular complexity index is 999. The fraction of sp³-hybridized carbons (Fsp3) is 0.286. The zero-order chi connectivity index (χ0) is 20.3. The van der Waals surface area contributed by atoms with Gasteiger partial charge >= 0.3 is 0 Å². The van der Waals surface area contributed by atoms with Crippen molar-refractivity contribution in [1.29, 1.82) is 0 Å². The number of hydrogen-bond acceptors (Lipinski definition) is 5. The highest BCUT2D eigenvalue weighted by atomic mass is 32.2. The van der Waals surface area contributed by atoms with Gasteiger partial charge in [-0.05, 0) is 23.8 Å². The molecule has 0 N–H and O–H groups in total. The quantitative estimate of drug-likeness (QED) is 0.765. The summed E-state index contributed by atoms with van der Waals surface area (Å²) in [6.07, 6.45) is 0.864. The van der Waals surface area contributed by atoms with Crippen LogP contribution in [0.5, 0.6) is 11.5 Å². The molecule has 8 heteroatoms. The highest BCUT2D eigenvalue weighted by Gasteiger charge is 2.34. The van der Waals surface area contributed by atoms with E-state index < -0.39 is 16.1 Å². The largest absolute Gasteiger partial charge is 0.485 e. The molecule has 0 aromatic heterocycles. The average molecular weight is 414 g/mol. The summed E-state index contributed by atoms with van der Waals surface area (Å²) in [5.74, 6) is 0.985. The van der Waals surface area contributed by atoms with E-state index in [2.05, 4.69) is 0 Å². The average Bonchev–Trinajstić information content (AvgIpc) is 2.78. The second kappa shape index (κ2) is 8.26. The van der Waals surface area contributed by atoms with Gasteiger partial charge in [0.05, 0.1) is 0 Å². The molecule has 2 aliphatic rings. The molecule has 2 heterocycles. The Morgan fingerprint density at radius 3 is 2.31 bits per heavy atom. The number of benzene rings is 2. The van der Waals surface area contributed by atoms with Crippen molar-refractivity contribution in [2.24, 2.45) is 0 Å². The van der Waals surface area contributed by atoms with Crippen molar-refractivity contribution >= 4 is 22.0 Å². The molecule has 1 saturated heterocycles. The van der Waals surface area contributed by atoms with Crippen molar-refractivity contribution in [2.45, 2.75) is 6.10 Å². The summed E-state index contributed by atoms with van der Waals surface area (Å²) in [4.78, 5) is 14.4. The maximum Gasteiger partial charge on any atom is 0.267 e. The van der Waals surface area contributed by atoms with E-state index in [4.69, 9.17) is 9.47 Å². The predicted molar refractivity (Wildman–Crippen MR) is 109 cm³/mol. The molecule has 1 atom stereocenters. The van der Waals surface area contributed by atoms with Crippen LogP contribution in [0.3, 0.4) is 0 Å². The molecule has 29 heavy (non-hydrogen) atoms. The molecular formula is C21H22N2O5S. The lowest BCUT2D eigenvalue weighted by Crippen LogP contribution is -2.54. The third-order valence-electron chi connectivity index (χ3n) is 4.93. The zero-order valence-electron chi connectivity index (χ0n) is 15.8. The van der Waals surface area contributed by atoms with Crippen LogP contribution in [0.1, 0.15) is 5.56 Å². The van der Waals surface area contributed by atoms with E-state index in [0.29, 0.717) is 24.6 Å². The Morgan fingerprint density at radius 2 is 1.59 bits per heavy atom. The second-order valence-corrected chi connectivity index (χ2v) is 8.67. The summed E-state index contributed by atoms with van der Waals surface area (Å²) in [7, 11) is -3.54. The molecule has 0 radical (unpaired) electrons. The first-order chi connectivity index (χ1) is 14.0. The van der Waals surface area contributed by atoms with E-state index in [-0.39, 0.29) is 25.6 Å². The normalized spacial score (nSPS) is 20.0. The zero-order valence-corrected chi connectivity index (χ0v) is 16.6. The lowest BCUT2D eigenvalue weighted by molar-refractivity contribution is -0.142. The molecule has 0 bridgehead atoms. The highest BCUT2D eigenvalue weighted by molar-refractivity contribution is 7.92. The molecule has 7 nitrogen and oxygen atoms in total. The van der Waals surface area contributed by atoms with Crippen molar-refractivity contribution < 1.29 is 22.7 Å². The number of fused-ring (bicyclic) bond motifs is 1. The number of para-hydroxylation sites is 2. The van der Waals surface area contributed by atoms with E-state index in [1.807, 2.05) is 42.5 Å². The first-order valence-corrected chi connectivity index (χ1v) is 10.9. The third-order valence-corrected chi connectivity index (χ3v) is 6.49. The smallest absolute Gasteiger partial charge is 0.267 e. The van der Waals surface area contributed by atoms with Crippen LogP contribution in [-0.4, -0.2) is 62.4 Å². The van der Waals surface area contributed by atoms with Crippen LogP contribution in [0.4, 0.5) is 0 Å². The summed E-state index contributed by atoms with van der Waals surface area (Å²) in [6.45, 7) is 1.28. The monoisotopic (exact) mass is 414 g/mol. The van der Waals surface area contributed by atoms with Crippen molar-refractivity contribution in [3.63, 3.8) is 0 Å². The van der Waals surface area contributed by atoms with Gasteiger partial charge in [-0.1, -0.05) is 42.5 Å². The fourth-order valence-corrected chi connectivity index (χ4v) is 4.50. The van der Waals surface area contributed by atoms with Gasteiger partial charge in [-0.15, -0.1) is 0 Å².